The summed E-state index contributed by atoms with van der Waals surface area (Å²) in [5, 5.41) is 0. The minimum atomic E-state index is -3.30. The summed E-state index contributed by atoms with van der Waals surface area (Å²) in [6.07, 6.45) is 2.80. The fourth-order valence-corrected chi connectivity index (χ4v) is 5.21. The maximum Gasteiger partial charge on any atom is 0.253 e. The Balaban J connectivity index is 1.47. The van der Waals surface area contributed by atoms with Crippen molar-refractivity contribution in [1.29, 1.82) is 0 Å². The van der Waals surface area contributed by atoms with Crippen molar-refractivity contribution in [3.63, 3.8) is 0 Å². The van der Waals surface area contributed by atoms with Crippen molar-refractivity contribution in [2.24, 2.45) is 0 Å². The van der Waals surface area contributed by atoms with E-state index < -0.39 is 10.0 Å². The van der Waals surface area contributed by atoms with E-state index in [1.54, 1.807) is 12.1 Å². The molecule has 0 aliphatic carbocycles. The summed E-state index contributed by atoms with van der Waals surface area (Å²) in [6.45, 7) is 5.56. The Kier molecular flexibility index (Phi) is 5.25. The van der Waals surface area contributed by atoms with Crippen molar-refractivity contribution >= 4 is 27.3 Å². The summed E-state index contributed by atoms with van der Waals surface area (Å²) < 4.78 is 25.5. The van der Waals surface area contributed by atoms with Crippen LogP contribution in [0.1, 0.15) is 27.9 Å². The highest BCUT2D eigenvalue weighted by atomic mass is 32.2. The lowest BCUT2D eigenvalue weighted by Gasteiger charge is -2.36. The summed E-state index contributed by atoms with van der Waals surface area (Å²) in [4.78, 5) is 17.2. The highest BCUT2D eigenvalue weighted by molar-refractivity contribution is 7.92. The molecule has 154 valence electrons. The second kappa shape index (κ2) is 7.71. The van der Waals surface area contributed by atoms with Gasteiger partial charge in [0.15, 0.2) is 0 Å². The molecule has 2 aliphatic heterocycles. The Morgan fingerprint density at radius 3 is 2.41 bits per heavy atom. The van der Waals surface area contributed by atoms with Gasteiger partial charge in [0.25, 0.3) is 5.91 Å². The van der Waals surface area contributed by atoms with Crippen LogP contribution in [0.4, 0.5) is 11.4 Å². The molecular weight excluding hydrogens is 386 g/mol. The number of sulfonamides is 1. The Labute approximate surface area is 172 Å². The lowest BCUT2D eigenvalue weighted by Crippen LogP contribution is -2.48. The standard InChI is InChI=1S/C22H27N3O3S/c1-17-5-3-7-20(15-17)23-11-13-24(14-12-23)22(26)19-8-9-21-18(16-19)6-4-10-25(21)29(2,27)28/h3,5,7-9,15-16H,4,6,10-14H2,1-2H3. The minimum Gasteiger partial charge on any atom is -0.368 e. The third-order valence-corrected chi connectivity index (χ3v) is 6.92. The third-order valence-electron chi connectivity index (χ3n) is 5.74. The number of rotatable bonds is 3. The van der Waals surface area contributed by atoms with Gasteiger partial charge in [0.1, 0.15) is 0 Å². The molecule has 0 bridgehead atoms. The lowest BCUT2D eigenvalue weighted by atomic mass is 10.00. The summed E-state index contributed by atoms with van der Waals surface area (Å²) in [5.41, 5.74) is 4.72. The highest BCUT2D eigenvalue weighted by Gasteiger charge is 2.27. The average Bonchev–Trinajstić information content (AvgIpc) is 2.72. The maximum atomic E-state index is 13.0. The third kappa shape index (κ3) is 4.10. The van der Waals surface area contributed by atoms with Gasteiger partial charge in [-0.15, -0.1) is 0 Å². The van der Waals surface area contributed by atoms with Crippen LogP contribution in [0.5, 0.6) is 0 Å². The lowest BCUT2D eigenvalue weighted by molar-refractivity contribution is 0.0746. The number of hydrogen-bond acceptors (Lipinski definition) is 4. The van der Waals surface area contributed by atoms with Gasteiger partial charge < -0.3 is 9.80 Å². The van der Waals surface area contributed by atoms with E-state index in [0.29, 0.717) is 30.9 Å². The Hall–Kier alpha value is -2.54. The number of carbonyl (C=O) groups excluding carboxylic acids is 1. The van der Waals surface area contributed by atoms with Crippen LogP contribution in [-0.4, -0.2) is 58.2 Å². The monoisotopic (exact) mass is 413 g/mol. The smallest absolute Gasteiger partial charge is 0.253 e. The summed E-state index contributed by atoms with van der Waals surface area (Å²) in [7, 11) is -3.30. The number of benzene rings is 2. The van der Waals surface area contributed by atoms with Crippen molar-refractivity contribution in [2.45, 2.75) is 19.8 Å². The molecule has 2 heterocycles. The summed E-state index contributed by atoms with van der Waals surface area (Å²) in [6, 6.07) is 13.9. The van der Waals surface area contributed by atoms with E-state index in [1.165, 1.54) is 21.8 Å². The molecule has 0 N–H and O–H groups in total. The molecule has 1 amide bonds. The molecule has 2 aromatic carbocycles. The van der Waals surface area contributed by atoms with Crippen molar-refractivity contribution in [3.05, 3.63) is 59.2 Å². The topological polar surface area (TPSA) is 60.9 Å². The molecule has 0 unspecified atom stereocenters. The fraction of sp³-hybridized carbons (Fsp3) is 0.409. The van der Waals surface area contributed by atoms with Gasteiger partial charge >= 0.3 is 0 Å². The van der Waals surface area contributed by atoms with Crippen LogP contribution in [0.15, 0.2) is 42.5 Å². The van der Waals surface area contributed by atoms with Gasteiger partial charge in [-0.2, -0.15) is 0 Å². The molecule has 0 atom stereocenters. The first kappa shape index (κ1) is 19.8. The van der Waals surface area contributed by atoms with E-state index in [1.807, 2.05) is 11.0 Å². The molecule has 0 aromatic heterocycles. The van der Waals surface area contributed by atoms with Gasteiger partial charge in [-0.05, 0) is 61.2 Å². The van der Waals surface area contributed by atoms with Crippen LogP contribution < -0.4 is 9.21 Å². The molecule has 4 rings (SSSR count). The molecule has 2 aliphatic rings. The van der Waals surface area contributed by atoms with Crippen molar-refractivity contribution in [2.75, 3.05) is 48.2 Å². The van der Waals surface area contributed by atoms with Crippen LogP contribution in [-0.2, 0) is 16.4 Å². The van der Waals surface area contributed by atoms with Crippen LogP contribution >= 0.6 is 0 Å². The molecule has 1 saturated heterocycles. The highest BCUT2D eigenvalue weighted by Crippen LogP contribution is 2.30. The van der Waals surface area contributed by atoms with Gasteiger partial charge in [0.05, 0.1) is 11.9 Å². The molecule has 1 fully saturated rings. The van der Waals surface area contributed by atoms with E-state index in [2.05, 4.69) is 36.1 Å². The van der Waals surface area contributed by atoms with Crippen molar-refractivity contribution < 1.29 is 13.2 Å². The molecule has 2 aromatic rings. The number of hydrogen-bond donors (Lipinski definition) is 0. The van der Waals surface area contributed by atoms with Gasteiger partial charge in [-0.1, -0.05) is 12.1 Å². The van der Waals surface area contributed by atoms with E-state index in [4.69, 9.17) is 0 Å². The molecule has 0 saturated carbocycles. The normalized spacial score (nSPS) is 17.2. The number of carbonyl (C=O) groups is 1. The first-order chi connectivity index (χ1) is 13.8. The van der Waals surface area contributed by atoms with Crippen LogP contribution in [0.2, 0.25) is 0 Å². The quantitative estimate of drug-likeness (QED) is 0.776. The number of fused-ring (bicyclic) bond motifs is 1. The zero-order valence-electron chi connectivity index (χ0n) is 17.0. The Morgan fingerprint density at radius 1 is 0.966 bits per heavy atom. The zero-order valence-corrected chi connectivity index (χ0v) is 17.8. The fourth-order valence-electron chi connectivity index (χ4n) is 4.22. The minimum absolute atomic E-state index is 0.0215. The molecule has 0 spiro atoms. The van der Waals surface area contributed by atoms with Gasteiger partial charge in [0.2, 0.25) is 10.0 Å². The van der Waals surface area contributed by atoms with Crippen LogP contribution in [0, 0.1) is 6.92 Å². The van der Waals surface area contributed by atoms with E-state index in [-0.39, 0.29) is 5.91 Å². The van der Waals surface area contributed by atoms with E-state index in [0.717, 1.165) is 31.5 Å². The number of aryl methyl sites for hydroxylation is 2. The van der Waals surface area contributed by atoms with Crippen molar-refractivity contribution in [1.82, 2.24) is 4.90 Å². The Bertz CT molecular complexity index is 1030. The van der Waals surface area contributed by atoms with Gasteiger partial charge in [-0.3, -0.25) is 9.10 Å². The first-order valence-electron chi connectivity index (χ1n) is 10.0. The average molecular weight is 414 g/mol. The first-order valence-corrected chi connectivity index (χ1v) is 11.9. The molecule has 29 heavy (non-hydrogen) atoms. The number of anilines is 2. The van der Waals surface area contributed by atoms with Crippen LogP contribution in [0.3, 0.4) is 0 Å². The van der Waals surface area contributed by atoms with Crippen LogP contribution in [0.25, 0.3) is 0 Å². The van der Waals surface area contributed by atoms with E-state index in [9.17, 15) is 13.2 Å². The molecular formula is C22H27N3O3S. The second-order valence-electron chi connectivity index (χ2n) is 7.90. The Morgan fingerprint density at radius 2 is 1.72 bits per heavy atom. The predicted molar refractivity (Wildman–Crippen MR) is 116 cm³/mol. The molecule has 6 nitrogen and oxygen atoms in total. The summed E-state index contributed by atoms with van der Waals surface area (Å²) >= 11 is 0. The largest absolute Gasteiger partial charge is 0.368 e. The molecule has 7 heteroatoms. The zero-order chi connectivity index (χ0) is 20.6. The van der Waals surface area contributed by atoms with E-state index >= 15 is 0 Å². The SMILES string of the molecule is Cc1cccc(N2CCN(C(=O)c3ccc4c(c3)CCCN4S(C)(=O)=O)CC2)c1. The van der Waals surface area contributed by atoms with Gasteiger partial charge in [-0.25, -0.2) is 8.42 Å². The van der Waals surface area contributed by atoms with Gasteiger partial charge in [0, 0.05) is 44.0 Å². The second-order valence-corrected chi connectivity index (χ2v) is 9.81. The number of amides is 1. The molecule has 0 radical (unpaired) electrons. The summed E-state index contributed by atoms with van der Waals surface area (Å²) in [5.74, 6) is 0.0215. The van der Waals surface area contributed by atoms with Crippen molar-refractivity contribution in [3.8, 4) is 0 Å². The number of nitrogens with zero attached hydrogens (tertiary/aromatic N) is 3. The number of piperazine rings is 1. The maximum absolute atomic E-state index is 13.0. The predicted octanol–water partition coefficient (Wildman–Crippen LogP) is 2.67.